The smallest absolute Gasteiger partial charge is 0.293 e. The largest absolute Gasteiger partial charge is 0.489 e. The van der Waals surface area contributed by atoms with Crippen molar-refractivity contribution in [2.75, 3.05) is 6.54 Å². The molecule has 0 saturated heterocycles. The number of amides is 2. The molecular weight excluding hydrogens is 358 g/mol. The lowest BCUT2D eigenvalue weighted by atomic mass is 10.2. The van der Waals surface area contributed by atoms with Gasteiger partial charge in [-0.05, 0) is 30.2 Å². The van der Waals surface area contributed by atoms with Crippen LogP contribution in [-0.4, -0.2) is 28.4 Å². The van der Waals surface area contributed by atoms with Crippen molar-refractivity contribution in [2.24, 2.45) is 5.73 Å². The fraction of sp³-hybridized carbons (Fsp3) is 0.190. The van der Waals surface area contributed by atoms with Gasteiger partial charge in [0.15, 0.2) is 0 Å². The normalized spacial score (nSPS) is 10.5. The highest BCUT2D eigenvalue weighted by Crippen LogP contribution is 2.17. The van der Waals surface area contributed by atoms with Crippen LogP contribution in [0, 0.1) is 6.92 Å². The van der Waals surface area contributed by atoms with E-state index < -0.39 is 11.8 Å². The molecule has 7 nitrogen and oxygen atoms in total. The molecule has 0 spiro atoms. The summed E-state index contributed by atoms with van der Waals surface area (Å²) in [5.74, 6) is -0.260. The molecule has 0 aliphatic rings. The molecule has 0 aliphatic carbocycles. The molecule has 3 aromatic rings. The van der Waals surface area contributed by atoms with E-state index in [2.05, 4.69) is 5.16 Å². The lowest BCUT2D eigenvalue weighted by Gasteiger charge is -2.20. The summed E-state index contributed by atoms with van der Waals surface area (Å²) >= 11 is 0. The number of aromatic nitrogens is 1. The van der Waals surface area contributed by atoms with Crippen LogP contribution in [-0.2, 0) is 17.9 Å². The van der Waals surface area contributed by atoms with Crippen molar-refractivity contribution in [2.45, 2.75) is 20.1 Å². The molecule has 7 heteroatoms. The first kappa shape index (κ1) is 19.2. The predicted molar refractivity (Wildman–Crippen MR) is 102 cm³/mol. The summed E-state index contributed by atoms with van der Waals surface area (Å²) in [6.45, 7) is 2.18. The Bertz CT molecular complexity index is 936. The molecule has 1 aromatic heterocycles. The van der Waals surface area contributed by atoms with Crippen LogP contribution in [0.3, 0.4) is 0 Å². The Morgan fingerprint density at radius 1 is 1.07 bits per heavy atom. The summed E-state index contributed by atoms with van der Waals surface area (Å²) in [4.78, 5) is 25.3. The van der Waals surface area contributed by atoms with E-state index in [0.717, 1.165) is 11.1 Å². The minimum absolute atomic E-state index is 0.0709. The fourth-order valence-electron chi connectivity index (χ4n) is 2.66. The quantitative estimate of drug-likeness (QED) is 0.649. The van der Waals surface area contributed by atoms with Gasteiger partial charge in [-0.3, -0.25) is 9.59 Å². The molecule has 0 fully saturated rings. The van der Waals surface area contributed by atoms with Gasteiger partial charge in [0.05, 0.1) is 5.69 Å². The first-order valence-electron chi connectivity index (χ1n) is 8.78. The van der Waals surface area contributed by atoms with Crippen LogP contribution in [0.2, 0.25) is 0 Å². The van der Waals surface area contributed by atoms with E-state index in [1.54, 1.807) is 6.92 Å². The highest BCUT2D eigenvalue weighted by Gasteiger charge is 2.21. The third kappa shape index (κ3) is 5.20. The maximum Gasteiger partial charge on any atom is 0.293 e. The standard InChI is InChI=1S/C21H21N3O4/c1-15-11-19(28-23-15)21(26)24(13-20(22)25)12-16-7-9-18(10-8-16)27-14-17-5-3-2-4-6-17/h2-11H,12-14H2,1H3,(H2,22,25). The van der Waals surface area contributed by atoms with E-state index in [1.807, 2.05) is 54.6 Å². The van der Waals surface area contributed by atoms with Gasteiger partial charge in [-0.25, -0.2) is 0 Å². The number of rotatable bonds is 8. The third-order valence-electron chi connectivity index (χ3n) is 4.02. The Balaban J connectivity index is 1.65. The van der Waals surface area contributed by atoms with Gasteiger partial charge in [0.25, 0.3) is 5.91 Å². The Kier molecular flexibility index (Phi) is 6.06. The molecule has 28 heavy (non-hydrogen) atoms. The highest BCUT2D eigenvalue weighted by atomic mass is 16.5. The molecule has 1 heterocycles. The lowest BCUT2D eigenvalue weighted by molar-refractivity contribution is -0.118. The Morgan fingerprint density at radius 2 is 1.79 bits per heavy atom. The average molecular weight is 379 g/mol. The van der Waals surface area contributed by atoms with Crippen molar-refractivity contribution in [3.8, 4) is 5.75 Å². The summed E-state index contributed by atoms with van der Waals surface area (Å²) in [6.07, 6.45) is 0. The van der Waals surface area contributed by atoms with Crippen molar-refractivity contribution in [3.05, 3.63) is 83.2 Å². The number of ether oxygens (including phenoxy) is 1. The summed E-state index contributed by atoms with van der Waals surface area (Å²) in [5.41, 5.74) is 7.78. The number of nitrogens with zero attached hydrogens (tertiary/aromatic N) is 2. The second-order valence-electron chi connectivity index (χ2n) is 6.38. The molecule has 0 bridgehead atoms. The van der Waals surface area contributed by atoms with Crippen molar-refractivity contribution in [1.29, 1.82) is 0 Å². The van der Waals surface area contributed by atoms with Crippen LogP contribution in [0.5, 0.6) is 5.75 Å². The van der Waals surface area contributed by atoms with E-state index in [9.17, 15) is 9.59 Å². The monoisotopic (exact) mass is 379 g/mol. The fourth-order valence-corrected chi connectivity index (χ4v) is 2.66. The van der Waals surface area contributed by atoms with E-state index >= 15 is 0 Å². The Labute approximate surface area is 162 Å². The summed E-state index contributed by atoms with van der Waals surface area (Å²) < 4.78 is 10.8. The van der Waals surface area contributed by atoms with E-state index in [0.29, 0.717) is 18.1 Å². The summed E-state index contributed by atoms with van der Waals surface area (Å²) in [6, 6.07) is 18.7. The maximum atomic E-state index is 12.6. The first-order valence-corrected chi connectivity index (χ1v) is 8.78. The van der Waals surface area contributed by atoms with Crippen molar-refractivity contribution < 1.29 is 18.8 Å². The first-order chi connectivity index (χ1) is 13.5. The predicted octanol–water partition coefficient (Wildman–Crippen LogP) is 2.69. The van der Waals surface area contributed by atoms with E-state index in [4.69, 9.17) is 15.0 Å². The molecule has 2 N–H and O–H groups in total. The van der Waals surface area contributed by atoms with Gasteiger partial charge in [-0.15, -0.1) is 0 Å². The molecule has 0 saturated carbocycles. The van der Waals surface area contributed by atoms with Crippen molar-refractivity contribution >= 4 is 11.8 Å². The van der Waals surface area contributed by atoms with Crippen molar-refractivity contribution in [3.63, 3.8) is 0 Å². The minimum Gasteiger partial charge on any atom is -0.489 e. The molecule has 0 atom stereocenters. The number of carbonyl (C=O) groups is 2. The number of aryl methyl sites for hydroxylation is 1. The zero-order valence-corrected chi connectivity index (χ0v) is 15.5. The van der Waals surface area contributed by atoms with Crippen molar-refractivity contribution in [1.82, 2.24) is 10.1 Å². The molecule has 2 amide bonds. The van der Waals surface area contributed by atoms with Gasteiger partial charge in [0, 0.05) is 12.6 Å². The van der Waals surface area contributed by atoms with Crippen LogP contribution >= 0.6 is 0 Å². The number of nitrogens with two attached hydrogens (primary N) is 1. The molecule has 3 rings (SSSR count). The molecule has 0 aliphatic heterocycles. The van der Waals surface area contributed by atoms with Gasteiger partial charge in [-0.1, -0.05) is 47.6 Å². The summed E-state index contributed by atoms with van der Waals surface area (Å²) in [7, 11) is 0. The molecule has 2 aromatic carbocycles. The summed E-state index contributed by atoms with van der Waals surface area (Å²) in [5, 5.41) is 3.71. The topological polar surface area (TPSA) is 98.7 Å². The van der Waals surface area contributed by atoms with Crippen LogP contribution < -0.4 is 10.5 Å². The van der Waals surface area contributed by atoms with Gasteiger partial charge < -0.3 is 19.9 Å². The van der Waals surface area contributed by atoms with Gasteiger partial charge in [-0.2, -0.15) is 0 Å². The number of hydrogen-bond donors (Lipinski definition) is 1. The van der Waals surface area contributed by atoms with Crippen LogP contribution in [0.1, 0.15) is 27.4 Å². The number of carbonyl (C=O) groups excluding carboxylic acids is 2. The van der Waals surface area contributed by atoms with Gasteiger partial charge in [0.1, 0.15) is 18.9 Å². The van der Waals surface area contributed by atoms with E-state index in [1.165, 1.54) is 11.0 Å². The molecular formula is C21H21N3O4. The molecule has 0 unspecified atom stereocenters. The SMILES string of the molecule is Cc1cc(C(=O)N(CC(N)=O)Cc2ccc(OCc3ccccc3)cc2)on1. The Morgan fingerprint density at radius 3 is 2.39 bits per heavy atom. The zero-order chi connectivity index (χ0) is 19.9. The van der Waals surface area contributed by atoms with Crippen LogP contribution in [0.15, 0.2) is 65.2 Å². The number of hydrogen-bond acceptors (Lipinski definition) is 5. The molecule has 0 radical (unpaired) electrons. The lowest BCUT2D eigenvalue weighted by Crippen LogP contribution is -2.37. The van der Waals surface area contributed by atoms with Crippen LogP contribution in [0.4, 0.5) is 0 Å². The Hall–Kier alpha value is -3.61. The van der Waals surface area contributed by atoms with Gasteiger partial charge in [0.2, 0.25) is 11.7 Å². The van der Waals surface area contributed by atoms with Gasteiger partial charge >= 0.3 is 0 Å². The number of benzene rings is 2. The zero-order valence-electron chi connectivity index (χ0n) is 15.5. The number of primary amides is 1. The third-order valence-corrected chi connectivity index (χ3v) is 4.02. The highest BCUT2D eigenvalue weighted by molar-refractivity contribution is 5.94. The minimum atomic E-state index is -0.604. The average Bonchev–Trinajstić information content (AvgIpc) is 3.13. The second-order valence-corrected chi connectivity index (χ2v) is 6.38. The second kappa shape index (κ2) is 8.85. The maximum absolute atomic E-state index is 12.6. The molecule has 144 valence electrons. The van der Waals surface area contributed by atoms with Crippen LogP contribution in [0.25, 0.3) is 0 Å². The van der Waals surface area contributed by atoms with E-state index in [-0.39, 0.29) is 18.8 Å².